The van der Waals surface area contributed by atoms with Crippen molar-refractivity contribution in [3.8, 4) is 0 Å². The molecular formula is C15H27N3. The third-order valence-corrected chi connectivity index (χ3v) is 3.52. The Hall–Kier alpha value is -0.930. The van der Waals surface area contributed by atoms with Crippen molar-refractivity contribution in [2.45, 2.75) is 46.3 Å². The molecule has 0 saturated heterocycles. The molecule has 0 bridgehead atoms. The Morgan fingerprint density at radius 1 is 1.28 bits per heavy atom. The van der Waals surface area contributed by atoms with Crippen molar-refractivity contribution in [3.05, 3.63) is 30.1 Å². The minimum Gasteiger partial charge on any atom is -0.314 e. The molecule has 1 aromatic rings. The van der Waals surface area contributed by atoms with Gasteiger partial charge in [-0.15, -0.1) is 0 Å². The summed E-state index contributed by atoms with van der Waals surface area (Å²) in [5.74, 6) is 0.633. The summed E-state index contributed by atoms with van der Waals surface area (Å²) in [4.78, 5) is 6.55. The van der Waals surface area contributed by atoms with E-state index in [1.54, 1.807) is 0 Å². The Balaban J connectivity index is 2.43. The van der Waals surface area contributed by atoms with E-state index < -0.39 is 0 Å². The van der Waals surface area contributed by atoms with E-state index in [0.717, 1.165) is 13.1 Å². The predicted molar refractivity (Wildman–Crippen MR) is 77.5 cm³/mol. The highest BCUT2D eigenvalue weighted by atomic mass is 15.1. The second-order valence-corrected chi connectivity index (χ2v) is 5.56. The number of aromatic nitrogens is 1. The van der Waals surface area contributed by atoms with Crippen LogP contribution in [0.5, 0.6) is 0 Å². The van der Waals surface area contributed by atoms with Crippen molar-refractivity contribution in [2.75, 3.05) is 13.6 Å². The molecule has 1 N–H and O–H groups in total. The fraction of sp³-hybridized carbons (Fsp3) is 0.667. The van der Waals surface area contributed by atoms with Crippen LogP contribution in [0.15, 0.2) is 24.5 Å². The minimum absolute atomic E-state index is 0.552. The van der Waals surface area contributed by atoms with Gasteiger partial charge in [0.25, 0.3) is 0 Å². The van der Waals surface area contributed by atoms with Crippen LogP contribution in [0.4, 0.5) is 0 Å². The van der Waals surface area contributed by atoms with Crippen LogP contribution in [0.1, 0.15) is 33.3 Å². The largest absolute Gasteiger partial charge is 0.314 e. The molecule has 1 aromatic heterocycles. The Labute approximate surface area is 112 Å². The summed E-state index contributed by atoms with van der Waals surface area (Å²) in [6, 6.07) is 5.24. The number of hydrogen-bond acceptors (Lipinski definition) is 3. The van der Waals surface area contributed by atoms with Crippen molar-refractivity contribution in [2.24, 2.45) is 5.92 Å². The van der Waals surface area contributed by atoms with Crippen LogP contribution in [0.3, 0.4) is 0 Å². The van der Waals surface area contributed by atoms with Crippen molar-refractivity contribution < 1.29 is 0 Å². The number of nitrogens with zero attached hydrogens (tertiary/aromatic N) is 2. The summed E-state index contributed by atoms with van der Waals surface area (Å²) in [6.07, 6.45) is 3.77. The third-order valence-electron chi connectivity index (χ3n) is 3.52. The van der Waals surface area contributed by atoms with Crippen LogP contribution in [0.25, 0.3) is 0 Å². The number of rotatable bonds is 7. The summed E-state index contributed by atoms with van der Waals surface area (Å²) < 4.78 is 0. The van der Waals surface area contributed by atoms with Gasteiger partial charge in [-0.3, -0.25) is 9.88 Å². The van der Waals surface area contributed by atoms with E-state index in [-0.39, 0.29) is 0 Å². The van der Waals surface area contributed by atoms with Crippen molar-refractivity contribution >= 4 is 0 Å². The van der Waals surface area contributed by atoms with E-state index in [9.17, 15) is 0 Å². The van der Waals surface area contributed by atoms with Crippen LogP contribution in [0.2, 0.25) is 0 Å². The molecule has 0 amide bonds. The molecule has 0 radical (unpaired) electrons. The van der Waals surface area contributed by atoms with Crippen molar-refractivity contribution in [1.29, 1.82) is 0 Å². The number of pyridine rings is 1. The average molecular weight is 249 g/mol. The van der Waals surface area contributed by atoms with Gasteiger partial charge in [-0.05, 0) is 38.1 Å². The molecule has 0 aliphatic heterocycles. The maximum atomic E-state index is 4.16. The summed E-state index contributed by atoms with van der Waals surface area (Å²) in [6.45, 7) is 11.0. The Bertz CT molecular complexity index is 324. The molecule has 102 valence electrons. The topological polar surface area (TPSA) is 28.2 Å². The second kappa shape index (κ2) is 7.49. The lowest BCUT2D eigenvalue weighted by molar-refractivity contribution is 0.187. The van der Waals surface area contributed by atoms with Crippen LogP contribution in [-0.4, -0.2) is 35.6 Å². The first-order valence-electron chi connectivity index (χ1n) is 6.83. The van der Waals surface area contributed by atoms with Gasteiger partial charge in [-0.2, -0.15) is 0 Å². The quantitative estimate of drug-likeness (QED) is 0.805. The zero-order valence-electron chi connectivity index (χ0n) is 12.4. The van der Waals surface area contributed by atoms with Gasteiger partial charge in [0.05, 0.1) is 0 Å². The molecule has 2 atom stereocenters. The van der Waals surface area contributed by atoms with Gasteiger partial charge in [0.2, 0.25) is 0 Å². The average Bonchev–Trinajstić information content (AvgIpc) is 2.36. The third kappa shape index (κ3) is 5.15. The fourth-order valence-electron chi connectivity index (χ4n) is 1.95. The van der Waals surface area contributed by atoms with Crippen LogP contribution >= 0.6 is 0 Å². The highest BCUT2D eigenvalue weighted by Crippen LogP contribution is 2.12. The van der Waals surface area contributed by atoms with Gasteiger partial charge < -0.3 is 5.32 Å². The van der Waals surface area contributed by atoms with E-state index in [0.29, 0.717) is 18.0 Å². The van der Waals surface area contributed by atoms with E-state index >= 15 is 0 Å². The fourth-order valence-corrected chi connectivity index (χ4v) is 1.95. The molecule has 0 fully saturated rings. The van der Waals surface area contributed by atoms with Gasteiger partial charge in [-0.1, -0.05) is 26.8 Å². The molecule has 3 heteroatoms. The zero-order chi connectivity index (χ0) is 13.5. The molecule has 0 aliphatic carbocycles. The highest BCUT2D eigenvalue weighted by molar-refractivity contribution is 5.08. The summed E-state index contributed by atoms with van der Waals surface area (Å²) in [5.41, 5.74) is 1.27. The van der Waals surface area contributed by atoms with Crippen LogP contribution in [0, 0.1) is 5.92 Å². The van der Waals surface area contributed by atoms with Gasteiger partial charge in [-0.25, -0.2) is 0 Å². The smallest absolute Gasteiger partial charge is 0.0312 e. The van der Waals surface area contributed by atoms with Crippen molar-refractivity contribution in [3.63, 3.8) is 0 Å². The Kier molecular flexibility index (Phi) is 6.30. The minimum atomic E-state index is 0.552. The molecule has 0 aliphatic rings. The number of hydrogen-bond donors (Lipinski definition) is 1. The Morgan fingerprint density at radius 3 is 2.56 bits per heavy atom. The molecule has 3 nitrogen and oxygen atoms in total. The lowest BCUT2D eigenvalue weighted by Crippen LogP contribution is -2.40. The maximum Gasteiger partial charge on any atom is 0.0312 e. The Morgan fingerprint density at radius 2 is 2.00 bits per heavy atom. The summed E-state index contributed by atoms with van der Waals surface area (Å²) >= 11 is 0. The second-order valence-electron chi connectivity index (χ2n) is 5.56. The van der Waals surface area contributed by atoms with E-state index in [4.69, 9.17) is 0 Å². The zero-order valence-corrected chi connectivity index (χ0v) is 12.4. The predicted octanol–water partition coefficient (Wildman–Crippen LogP) is 2.54. The lowest BCUT2D eigenvalue weighted by atomic mass is 10.0. The van der Waals surface area contributed by atoms with E-state index in [1.165, 1.54) is 5.56 Å². The summed E-state index contributed by atoms with van der Waals surface area (Å²) in [7, 11) is 2.18. The highest BCUT2D eigenvalue weighted by Gasteiger charge is 2.17. The van der Waals surface area contributed by atoms with Gasteiger partial charge in [0.1, 0.15) is 0 Å². The molecule has 0 saturated carbocycles. The van der Waals surface area contributed by atoms with Crippen LogP contribution < -0.4 is 5.32 Å². The monoisotopic (exact) mass is 249 g/mol. The molecule has 0 aromatic carbocycles. The van der Waals surface area contributed by atoms with Gasteiger partial charge >= 0.3 is 0 Å². The first-order chi connectivity index (χ1) is 8.50. The van der Waals surface area contributed by atoms with Crippen molar-refractivity contribution in [1.82, 2.24) is 15.2 Å². The maximum absolute atomic E-state index is 4.16. The summed E-state index contributed by atoms with van der Waals surface area (Å²) in [5, 5.41) is 3.51. The molecular weight excluding hydrogens is 222 g/mol. The first kappa shape index (κ1) is 15.1. The van der Waals surface area contributed by atoms with E-state index in [2.05, 4.69) is 56.0 Å². The van der Waals surface area contributed by atoms with Crippen LogP contribution in [-0.2, 0) is 6.54 Å². The first-order valence-corrected chi connectivity index (χ1v) is 6.83. The standard InChI is InChI=1S/C15H27N3/c1-12(2)17-9-13(3)14(4)18(5)11-15-7-6-8-16-10-15/h6-8,10,12-14,17H,9,11H2,1-5H3. The molecule has 1 heterocycles. The van der Waals surface area contributed by atoms with Gasteiger partial charge in [0, 0.05) is 31.0 Å². The molecule has 0 spiro atoms. The number of nitrogens with one attached hydrogen (secondary N) is 1. The van der Waals surface area contributed by atoms with E-state index in [1.807, 2.05) is 18.5 Å². The lowest BCUT2D eigenvalue weighted by Gasteiger charge is -2.30. The van der Waals surface area contributed by atoms with Gasteiger partial charge in [0.15, 0.2) is 0 Å². The normalized spacial score (nSPS) is 15.1. The SMILES string of the molecule is CC(C)NCC(C)C(C)N(C)Cc1cccnc1. The molecule has 1 rings (SSSR count). The molecule has 2 unspecified atom stereocenters. The molecule has 18 heavy (non-hydrogen) atoms.